The molecule has 0 fully saturated rings. The predicted octanol–water partition coefficient (Wildman–Crippen LogP) is 5.27. The Morgan fingerprint density at radius 3 is 2.67 bits per heavy atom. The first-order valence-electron chi connectivity index (χ1n) is 5.51. The van der Waals surface area contributed by atoms with Crippen LogP contribution in [-0.4, -0.2) is 0 Å². The van der Waals surface area contributed by atoms with Gasteiger partial charge in [-0.3, -0.25) is 0 Å². The highest BCUT2D eigenvalue weighted by Gasteiger charge is 2.04. The smallest absolute Gasteiger partial charge is 0.124 e. The van der Waals surface area contributed by atoms with E-state index >= 15 is 0 Å². The van der Waals surface area contributed by atoms with Crippen LogP contribution in [0, 0.1) is 12.7 Å². The minimum absolute atomic E-state index is 0.234. The molecule has 0 atom stereocenters. The molecule has 0 radical (unpaired) electrons. The van der Waals surface area contributed by atoms with Crippen molar-refractivity contribution >= 4 is 37.5 Å². The largest absolute Gasteiger partial charge is 0.380 e. The Kier molecular flexibility index (Phi) is 4.40. The van der Waals surface area contributed by atoms with Gasteiger partial charge in [0.1, 0.15) is 5.82 Å². The van der Waals surface area contributed by atoms with Crippen LogP contribution in [0.1, 0.15) is 11.1 Å². The molecule has 0 aliphatic rings. The van der Waals surface area contributed by atoms with E-state index in [-0.39, 0.29) is 5.82 Å². The summed E-state index contributed by atoms with van der Waals surface area (Å²) in [5, 5.41) is 3.33. The van der Waals surface area contributed by atoms with Crippen LogP contribution in [-0.2, 0) is 6.54 Å². The molecule has 1 nitrogen and oxygen atoms in total. The summed E-state index contributed by atoms with van der Waals surface area (Å²) in [6.07, 6.45) is 0. The second-order valence-electron chi connectivity index (χ2n) is 4.03. The number of nitrogens with one attached hydrogen (secondary N) is 1. The van der Waals surface area contributed by atoms with Gasteiger partial charge >= 0.3 is 0 Å². The Morgan fingerprint density at radius 2 is 1.94 bits per heavy atom. The van der Waals surface area contributed by atoms with Gasteiger partial charge in [0.2, 0.25) is 0 Å². The van der Waals surface area contributed by atoms with Crippen molar-refractivity contribution in [2.75, 3.05) is 5.32 Å². The van der Waals surface area contributed by atoms with Crippen LogP contribution < -0.4 is 5.32 Å². The molecule has 0 saturated carbocycles. The average molecular weight is 373 g/mol. The summed E-state index contributed by atoms with van der Waals surface area (Å²) in [6.45, 7) is 2.69. The molecule has 1 N–H and O–H groups in total. The van der Waals surface area contributed by atoms with Crippen LogP contribution in [0.4, 0.5) is 10.1 Å². The van der Waals surface area contributed by atoms with E-state index in [0.717, 1.165) is 20.2 Å². The summed E-state index contributed by atoms with van der Waals surface area (Å²) in [4.78, 5) is 0. The first kappa shape index (κ1) is 13.6. The molecule has 0 aromatic heterocycles. The van der Waals surface area contributed by atoms with Gasteiger partial charge in [0, 0.05) is 21.2 Å². The Bertz CT molecular complexity index is 570. The fraction of sp³-hybridized carbons (Fsp3) is 0.143. The molecular formula is C14H12Br2FN. The third-order valence-corrected chi connectivity index (χ3v) is 4.47. The molecule has 2 aromatic rings. The zero-order valence-electron chi connectivity index (χ0n) is 9.81. The van der Waals surface area contributed by atoms with E-state index in [0.29, 0.717) is 6.54 Å². The number of anilines is 1. The molecular weight excluding hydrogens is 361 g/mol. The maximum atomic E-state index is 13.0. The lowest BCUT2D eigenvalue weighted by Gasteiger charge is -2.11. The van der Waals surface area contributed by atoms with Gasteiger partial charge in [-0.05, 0) is 52.2 Å². The fourth-order valence-electron chi connectivity index (χ4n) is 1.64. The van der Waals surface area contributed by atoms with Crippen LogP contribution in [0.25, 0.3) is 0 Å². The minimum atomic E-state index is -0.234. The monoisotopic (exact) mass is 371 g/mol. The van der Waals surface area contributed by atoms with Crippen molar-refractivity contribution in [3.8, 4) is 0 Å². The number of hydrogen-bond donors (Lipinski definition) is 1. The topological polar surface area (TPSA) is 12.0 Å². The van der Waals surface area contributed by atoms with Crippen molar-refractivity contribution in [3.05, 3.63) is 62.3 Å². The molecule has 0 saturated heterocycles. The molecule has 0 spiro atoms. The normalized spacial score (nSPS) is 10.4. The van der Waals surface area contributed by atoms with E-state index in [2.05, 4.69) is 37.2 Å². The standard InChI is InChI=1S/C14H12Br2FN/c1-9-3-2-4-13(14(9)16)18-8-10-5-6-11(17)7-12(10)15/h2-7,18H,8H2,1H3. The molecule has 0 heterocycles. The maximum Gasteiger partial charge on any atom is 0.124 e. The maximum absolute atomic E-state index is 13.0. The molecule has 2 aromatic carbocycles. The molecule has 0 unspecified atom stereocenters. The fourth-order valence-corrected chi connectivity index (χ4v) is 2.54. The van der Waals surface area contributed by atoms with E-state index in [9.17, 15) is 4.39 Å². The van der Waals surface area contributed by atoms with Crippen LogP contribution >= 0.6 is 31.9 Å². The lowest BCUT2D eigenvalue weighted by Crippen LogP contribution is -2.01. The molecule has 18 heavy (non-hydrogen) atoms. The predicted molar refractivity (Wildman–Crippen MR) is 80.3 cm³/mol. The second-order valence-corrected chi connectivity index (χ2v) is 5.67. The summed E-state index contributed by atoms with van der Waals surface area (Å²) in [7, 11) is 0. The van der Waals surface area contributed by atoms with E-state index in [1.807, 2.05) is 25.1 Å². The minimum Gasteiger partial charge on any atom is -0.380 e. The highest BCUT2D eigenvalue weighted by Crippen LogP contribution is 2.27. The summed E-state index contributed by atoms with van der Waals surface area (Å²) in [5.41, 5.74) is 3.23. The molecule has 94 valence electrons. The highest BCUT2D eigenvalue weighted by molar-refractivity contribution is 9.11. The van der Waals surface area contributed by atoms with Gasteiger partial charge in [-0.2, -0.15) is 0 Å². The van der Waals surface area contributed by atoms with Crippen LogP contribution in [0.3, 0.4) is 0 Å². The number of rotatable bonds is 3. The van der Waals surface area contributed by atoms with Crippen molar-refractivity contribution in [2.45, 2.75) is 13.5 Å². The lowest BCUT2D eigenvalue weighted by molar-refractivity contribution is 0.626. The van der Waals surface area contributed by atoms with E-state index in [4.69, 9.17) is 0 Å². The zero-order chi connectivity index (χ0) is 13.1. The van der Waals surface area contributed by atoms with Crippen molar-refractivity contribution in [1.82, 2.24) is 0 Å². The van der Waals surface area contributed by atoms with Gasteiger partial charge in [0.15, 0.2) is 0 Å². The summed E-state index contributed by atoms with van der Waals surface area (Å²) in [5.74, 6) is -0.234. The van der Waals surface area contributed by atoms with Gasteiger partial charge in [-0.15, -0.1) is 0 Å². The molecule has 4 heteroatoms. The Hall–Kier alpha value is -0.870. The molecule has 0 bridgehead atoms. The third kappa shape index (κ3) is 3.12. The molecule has 2 rings (SSSR count). The van der Waals surface area contributed by atoms with E-state index in [1.165, 1.54) is 17.7 Å². The Balaban J connectivity index is 2.14. The highest BCUT2D eigenvalue weighted by atomic mass is 79.9. The molecule has 0 aliphatic carbocycles. The first-order valence-corrected chi connectivity index (χ1v) is 7.09. The van der Waals surface area contributed by atoms with Gasteiger partial charge in [-0.25, -0.2) is 4.39 Å². The summed E-state index contributed by atoms with van der Waals surface area (Å²) >= 11 is 6.91. The quantitative estimate of drug-likeness (QED) is 0.773. The number of halogens is 3. The van der Waals surface area contributed by atoms with Crippen molar-refractivity contribution in [2.24, 2.45) is 0 Å². The van der Waals surface area contributed by atoms with Gasteiger partial charge < -0.3 is 5.32 Å². The molecule has 0 amide bonds. The summed E-state index contributed by atoms with van der Waals surface area (Å²) < 4.78 is 14.8. The number of hydrogen-bond acceptors (Lipinski definition) is 1. The molecule has 0 aliphatic heterocycles. The number of aryl methyl sites for hydroxylation is 1. The zero-order valence-corrected chi connectivity index (χ0v) is 13.0. The van der Waals surface area contributed by atoms with Gasteiger partial charge in [0.05, 0.1) is 0 Å². The van der Waals surface area contributed by atoms with E-state index in [1.54, 1.807) is 6.07 Å². The summed E-state index contributed by atoms with van der Waals surface area (Å²) in [6, 6.07) is 10.8. The van der Waals surface area contributed by atoms with E-state index < -0.39 is 0 Å². The van der Waals surface area contributed by atoms with Crippen LogP contribution in [0.5, 0.6) is 0 Å². The van der Waals surface area contributed by atoms with Gasteiger partial charge in [0.25, 0.3) is 0 Å². The van der Waals surface area contributed by atoms with Crippen molar-refractivity contribution in [3.63, 3.8) is 0 Å². The van der Waals surface area contributed by atoms with Crippen LogP contribution in [0.15, 0.2) is 45.3 Å². The Labute approximate surface area is 123 Å². The van der Waals surface area contributed by atoms with Crippen molar-refractivity contribution in [1.29, 1.82) is 0 Å². The SMILES string of the molecule is Cc1cccc(NCc2ccc(F)cc2Br)c1Br. The van der Waals surface area contributed by atoms with Crippen molar-refractivity contribution < 1.29 is 4.39 Å². The number of benzene rings is 2. The first-order chi connectivity index (χ1) is 8.58. The third-order valence-electron chi connectivity index (χ3n) is 2.68. The van der Waals surface area contributed by atoms with Crippen LogP contribution in [0.2, 0.25) is 0 Å². The average Bonchev–Trinajstić information content (AvgIpc) is 2.33. The second kappa shape index (κ2) is 5.85. The lowest BCUT2D eigenvalue weighted by atomic mass is 10.2. The Morgan fingerprint density at radius 1 is 1.17 bits per heavy atom. The van der Waals surface area contributed by atoms with Gasteiger partial charge in [-0.1, -0.05) is 34.1 Å².